The Morgan fingerprint density at radius 3 is 2.54 bits per heavy atom. The molecule has 8 nitrogen and oxygen atoms in total. The molecule has 3 atom stereocenters. The molecule has 2 N–H and O–H groups in total. The number of aliphatic carboxylic acids is 1. The molecule has 3 rings (SSSR count). The van der Waals surface area contributed by atoms with Crippen LogP contribution in [0.15, 0.2) is 0 Å². The Morgan fingerprint density at radius 2 is 1.96 bits per heavy atom. The van der Waals surface area contributed by atoms with Gasteiger partial charge in [-0.05, 0) is 38.0 Å². The van der Waals surface area contributed by atoms with Gasteiger partial charge in [0.25, 0.3) is 5.91 Å². The van der Waals surface area contributed by atoms with Crippen LogP contribution in [0.1, 0.15) is 33.1 Å². The van der Waals surface area contributed by atoms with Gasteiger partial charge in [-0.2, -0.15) is 0 Å². The molecule has 3 unspecified atom stereocenters. The number of urea groups is 1. The predicted octanol–water partition coefficient (Wildman–Crippen LogP) is 0.276. The minimum atomic E-state index is -0.921. The molecule has 2 heterocycles. The van der Waals surface area contributed by atoms with E-state index in [0.717, 1.165) is 17.7 Å². The summed E-state index contributed by atoms with van der Waals surface area (Å²) in [6.07, 6.45) is 2.32. The molecule has 0 aromatic rings. The first-order valence-electron chi connectivity index (χ1n) is 8.37. The number of hydrogen-bond donors (Lipinski definition) is 2. The molecular weight excluding hydrogens is 314 g/mol. The molecule has 1 saturated carbocycles. The fourth-order valence-electron chi connectivity index (χ4n) is 3.77. The fraction of sp³-hybridized carbons (Fsp3) is 0.750. The molecule has 0 spiro atoms. The van der Waals surface area contributed by atoms with Gasteiger partial charge in [-0.3, -0.25) is 19.3 Å². The van der Waals surface area contributed by atoms with Gasteiger partial charge in [0.05, 0.1) is 5.92 Å². The zero-order chi connectivity index (χ0) is 17.6. The molecule has 132 valence electrons. The summed E-state index contributed by atoms with van der Waals surface area (Å²) in [7, 11) is 0. The number of piperidine rings is 1. The molecule has 4 amide bonds. The number of imide groups is 1. The third-order valence-electron chi connectivity index (χ3n) is 5.35. The maximum atomic E-state index is 12.6. The minimum absolute atomic E-state index is 0.0728. The molecule has 0 radical (unpaired) electrons. The van der Waals surface area contributed by atoms with Gasteiger partial charge >= 0.3 is 12.0 Å². The van der Waals surface area contributed by atoms with Crippen LogP contribution in [0.2, 0.25) is 0 Å². The molecule has 0 aromatic carbocycles. The lowest BCUT2D eigenvalue weighted by atomic mass is 9.90. The van der Waals surface area contributed by atoms with Gasteiger partial charge in [0.1, 0.15) is 12.1 Å². The molecule has 1 aliphatic carbocycles. The van der Waals surface area contributed by atoms with E-state index in [1.165, 1.54) is 4.90 Å². The van der Waals surface area contributed by atoms with Crippen molar-refractivity contribution in [3.63, 3.8) is 0 Å². The third kappa shape index (κ3) is 2.85. The van der Waals surface area contributed by atoms with E-state index in [9.17, 15) is 24.3 Å². The minimum Gasteiger partial charge on any atom is -0.481 e. The van der Waals surface area contributed by atoms with E-state index in [2.05, 4.69) is 5.32 Å². The van der Waals surface area contributed by atoms with E-state index in [-0.39, 0.29) is 36.7 Å². The molecule has 3 fully saturated rings. The molecule has 8 heteroatoms. The first-order valence-corrected chi connectivity index (χ1v) is 8.37. The SMILES string of the molecule is CC1CC(C(=O)O)CN(C(=O)CN2C(=O)NC(C)(C3CC3)C2=O)C1. The third-order valence-corrected chi connectivity index (χ3v) is 5.35. The van der Waals surface area contributed by atoms with Crippen molar-refractivity contribution in [3.8, 4) is 0 Å². The highest BCUT2D eigenvalue weighted by Crippen LogP contribution is 2.42. The second-order valence-electron chi connectivity index (χ2n) is 7.47. The zero-order valence-electron chi connectivity index (χ0n) is 13.9. The molecule has 3 aliphatic rings. The van der Waals surface area contributed by atoms with Crippen LogP contribution in [-0.2, 0) is 14.4 Å². The van der Waals surface area contributed by atoms with Crippen LogP contribution in [0.3, 0.4) is 0 Å². The Kier molecular flexibility index (Phi) is 4.01. The average Bonchev–Trinajstić information content (AvgIpc) is 3.32. The smallest absolute Gasteiger partial charge is 0.325 e. The zero-order valence-corrected chi connectivity index (χ0v) is 13.9. The first-order chi connectivity index (χ1) is 11.2. The molecule has 2 aliphatic heterocycles. The quantitative estimate of drug-likeness (QED) is 0.716. The van der Waals surface area contributed by atoms with Crippen molar-refractivity contribution < 1.29 is 24.3 Å². The number of carboxylic acid groups (broad SMARTS) is 1. The highest BCUT2D eigenvalue weighted by molar-refractivity contribution is 6.09. The second kappa shape index (κ2) is 5.75. The van der Waals surface area contributed by atoms with Gasteiger partial charge in [-0.1, -0.05) is 6.92 Å². The highest BCUT2D eigenvalue weighted by Gasteiger charge is 2.56. The van der Waals surface area contributed by atoms with Crippen LogP contribution >= 0.6 is 0 Å². The van der Waals surface area contributed by atoms with Gasteiger partial charge in [-0.25, -0.2) is 4.79 Å². The van der Waals surface area contributed by atoms with Crippen molar-refractivity contribution in [2.45, 2.75) is 38.6 Å². The number of nitrogens with one attached hydrogen (secondary N) is 1. The Bertz CT molecular complexity index is 603. The summed E-state index contributed by atoms with van der Waals surface area (Å²) in [4.78, 5) is 50.8. The van der Waals surface area contributed by atoms with Crippen LogP contribution in [0.4, 0.5) is 4.79 Å². The predicted molar refractivity (Wildman–Crippen MR) is 82.9 cm³/mol. The van der Waals surface area contributed by atoms with Crippen molar-refractivity contribution in [1.29, 1.82) is 0 Å². The summed E-state index contributed by atoms with van der Waals surface area (Å²) in [5.41, 5.74) is -0.907. The number of carbonyl (C=O) groups is 4. The molecular formula is C16H23N3O5. The summed E-state index contributed by atoms with van der Waals surface area (Å²) < 4.78 is 0. The Hall–Kier alpha value is -2.12. The topological polar surface area (TPSA) is 107 Å². The van der Waals surface area contributed by atoms with E-state index in [4.69, 9.17) is 0 Å². The van der Waals surface area contributed by atoms with Gasteiger partial charge in [-0.15, -0.1) is 0 Å². The Labute approximate surface area is 140 Å². The van der Waals surface area contributed by atoms with Crippen LogP contribution < -0.4 is 5.32 Å². The number of carbonyl (C=O) groups excluding carboxylic acids is 3. The van der Waals surface area contributed by atoms with Crippen molar-refractivity contribution in [1.82, 2.24) is 15.1 Å². The van der Waals surface area contributed by atoms with Gasteiger partial charge < -0.3 is 15.3 Å². The maximum absolute atomic E-state index is 12.6. The molecule has 0 aromatic heterocycles. The van der Waals surface area contributed by atoms with E-state index < -0.39 is 23.5 Å². The monoisotopic (exact) mass is 337 g/mol. The lowest BCUT2D eigenvalue weighted by molar-refractivity contribution is -0.148. The lowest BCUT2D eigenvalue weighted by Crippen LogP contribution is -2.50. The van der Waals surface area contributed by atoms with Gasteiger partial charge in [0, 0.05) is 13.1 Å². The number of nitrogens with zero attached hydrogens (tertiary/aromatic N) is 2. The largest absolute Gasteiger partial charge is 0.481 e. The fourth-order valence-corrected chi connectivity index (χ4v) is 3.77. The number of hydrogen-bond acceptors (Lipinski definition) is 4. The molecule has 2 saturated heterocycles. The summed E-state index contributed by atoms with van der Waals surface area (Å²) >= 11 is 0. The number of likely N-dealkylation sites (tertiary alicyclic amines) is 1. The number of carboxylic acids is 1. The Balaban J connectivity index is 1.67. The molecule has 0 bridgehead atoms. The van der Waals surface area contributed by atoms with Gasteiger partial charge in [0.2, 0.25) is 5.91 Å². The highest BCUT2D eigenvalue weighted by atomic mass is 16.4. The van der Waals surface area contributed by atoms with Crippen LogP contribution in [-0.4, -0.2) is 63.9 Å². The number of rotatable bonds is 4. The van der Waals surface area contributed by atoms with E-state index >= 15 is 0 Å². The summed E-state index contributed by atoms with van der Waals surface area (Å²) in [5, 5.41) is 11.9. The van der Waals surface area contributed by atoms with Crippen LogP contribution in [0.25, 0.3) is 0 Å². The van der Waals surface area contributed by atoms with Crippen LogP contribution in [0, 0.1) is 17.8 Å². The standard InChI is InChI=1S/C16H23N3O5/c1-9-5-10(13(21)22)7-18(6-9)12(20)8-19-14(23)16(2,11-3-4-11)17-15(19)24/h9-11H,3-8H2,1-2H3,(H,17,24)(H,21,22). The molecule has 24 heavy (non-hydrogen) atoms. The maximum Gasteiger partial charge on any atom is 0.325 e. The van der Waals surface area contributed by atoms with E-state index in [1.807, 2.05) is 6.92 Å². The number of amides is 4. The average molecular weight is 337 g/mol. The van der Waals surface area contributed by atoms with E-state index in [0.29, 0.717) is 13.0 Å². The first kappa shape index (κ1) is 16.7. The van der Waals surface area contributed by atoms with Gasteiger partial charge in [0.15, 0.2) is 0 Å². The normalized spacial score (nSPS) is 33.6. The van der Waals surface area contributed by atoms with Crippen molar-refractivity contribution >= 4 is 23.8 Å². The second-order valence-corrected chi connectivity index (χ2v) is 7.47. The summed E-state index contributed by atoms with van der Waals surface area (Å²) in [6.45, 7) is 3.85. The van der Waals surface area contributed by atoms with Crippen molar-refractivity contribution in [3.05, 3.63) is 0 Å². The van der Waals surface area contributed by atoms with Crippen molar-refractivity contribution in [2.24, 2.45) is 17.8 Å². The lowest BCUT2D eigenvalue weighted by Gasteiger charge is -2.35. The summed E-state index contributed by atoms with van der Waals surface area (Å²) in [6, 6.07) is -0.539. The Morgan fingerprint density at radius 1 is 1.29 bits per heavy atom. The summed E-state index contributed by atoms with van der Waals surface area (Å²) in [5.74, 6) is -2.04. The van der Waals surface area contributed by atoms with E-state index in [1.54, 1.807) is 6.92 Å². The van der Waals surface area contributed by atoms with Crippen molar-refractivity contribution in [2.75, 3.05) is 19.6 Å². The van der Waals surface area contributed by atoms with Crippen LogP contribution in [0.5, 0.6) is 0 Å².